The van der Waals surface area contributed by atoms with Gasteiger partial charge in [-0.3, -0.25) is 9.88 Å². The van der Waals surface area contributed by atoms with Crippen molar-refractivity contribution in [3.8, 4) is 23.0 Å². The third-order valence-corrected chi connectivity index (χ3v) is 6.67. The number of rotatable bonds is 4. The Morgan fingerprint density at radius 3 is 2.58 bits per heavy atom. The fraction of sp³-hybridized carbons (Fsp3) is 0.200. The van der Waals surface area contributed by atoms with Gasteiger partial charge in [0.05, 0.1) is 23.8 Å². The molecule has 0 radical (unpaired) electrons. The van der Waals surface area contributed by atoms with Crippen molar-refractivity contribution in [3.05, 3.63) is 96.6 Å². The lowest BCUT2D eigenvalue weighted by atomic mass is 10.0. The summed E-state index contributed by atoms with van der Waals surface area (Å²) in [5.41, 5.74) is 5.52. The van der Waals surface area contributed by atoms with Crippen LogP contribution in [0.1, 0.15) is 11.1 Å². The number of hydrogen-bond donors (Lipinski definition) is 0. The fourth-order valence-corrected chi connectivity index (χ4v) is 4.61. The molecule has 0 saturated carbocycles. The van der Waals surface area contributed by atoms with Crippen molar-refractivity contribution in [1.29, 1.82) is 0 Å². The number of carbonyl (C=O) groups is 1. The molecule has 6 rings (SSSR count). The topological polar surface area (TPSA) is 75.9 Å². The molecular weight excluding hydrogens is 476 g/mol. The first kappa shape index (κ1) is 23.6. The highest BCUT2D eigenvalue weighted by molar-refractivity contribution is 5.97. The summed E-state index contributed by atoms with van der Waals surface area (Å²) in [6.45, 7) is 3.69. The van der Waals surface area contributed by atoms with Crippen LogP contribution in [-0.4, -0.2) is 68.2 Å². The Morgan fingerprint density at radius 2 is 1.71 bits per heavy atom. The number of benzene rings is 2. The lowest BCUT2D eigenvalue weighted by Crippen LogP contribution is -2.48. The van der Waals surface area contributed by atoms with E-state index in [1.807, 2.05) is 73.2 Å². The van der Waals surface area contributed by atoms with Crippen molar-refractivity contribution in [3.63, 3.8) is 0 Å². The summed E-state index contributed by atoms with van der Waals surface area (Å²) in [7, 11) is 0. The zero-order valence-electron chi connectivity index (χ0n) is 20.8. The zero-order chi connectivity index (χ0) is 25.7. The van der Waals surface area contributed by atoms with Crippen molar-refractivity contribution >= 4 is 22.6 Å². The summed E-state index contributed by atoms with van der Waals surface area (Å²) in [4.78, 5) is 25.5. The molecule has 0 spiro atoms. The molecule has 0 atom stereocenters. The molecule has 4 heterocycles. The number of fused-ring (bicyclic) bond motifs is 2. The molecule has 38 heavy (non-hydrogen) atoms. The third kappa shape index (κ3) is 5.05. The first-order valence-corrected chi connectivity index (χ1v) is 12.6. The summed E-state index contributed by atoms with van der Waals surface area (Å²) < 4.78 is 7.22. The molecule has 2 aromatic carbocycles. The molecular formula is C30H26N6O2. The van der Waals surface area contributed by atoms with Gasteiger partial charge in [-0.25, -0.2) is 14.3 Å². The molecule has 1 saturated heterocycles. The van der Waals surface area contributed by atoms with Crippen LogP contribution in [0.3, 0.4) is 0 Å². The van der Waals surface area contributed by atoms with Gasteiger partial charge in [0.1, 0.15) is 6.61 Å². The van der Waals surface area contributed by atoms with Gasteiger partial charge in [0.2, 0.25) is 0 Å². The standard InChI is InChI=1S/C30H26N6O2/c37-30(38-22-23-7-2-1-3-8-23)35-17-15-34(16-18-35)14-6-9-24-19-32-29-27(20-33-36(29)21-24)25-12-13-31-28-11-5-4-10-26(25)28/h1-5,7-8,10-13,19-21H,14-18,22H2. The van der Waals surface area contributed by atoms with Crippen LogP contribution in [-0.2, 0) is 11.3 Å². The quantitative estimate of drug-likeness (QED) is 0.342. The maximum absolute atomic E-state index is 12.4. The number of pyridine rings is 1. The Balaban J connectivity index is 1.06. The van der Waals surface area contributed by atoms with E-state index in [0.717, 1.165) is 51.9 Å². The van der Waals surface area contributed by atoms with E-state index in [0.29, 0.717) is 26.2 Å². The van der Waals surface area contributed by atoms with Crippen molar-refractivity contribution in [2.75, 3.05) is 32.7 Å². The van der Waals surface area contributed by atoms with Gasteiger partial charge in [0.15, 0.2) is 5.65 Å². The number of aromatic nitrogens is 4. The molecule has 1 aliphatic rings. The Kier molecular flexibility index (Phi) is 6.66. The number of nitrogens with zero attached hydrogens (tertiary/aromatic N) is 6. The van der Waals surface area contributed by atoms with Gasteiger partial charge in [0.25, 0.3) is 0 Å². The van der Waals surface area contributed by atoms with Gasteiger partial charge < -0.3 is 9.64 Å². The van der Waals surface area contributed by atoms with Crippen LogP contribution in [0, 0.1) is 11.8 Å². The van der Waals surface area contributed by atoms with Crippen LogP contribution in [0.2, 0.25) is 0 Å². The molecule has 1 fully saturated rings. The van der Waals surface area contributed by atoms with Crippen LogP contribution < -0.4 is 0 Å². The molecule has 0 unspecified atom stereocenters. The Hall–Kier alpha value is -4.74. The molecule has 0 aliphatic carbocycles. The maximum atomic E-state index is 12.4. The van der Waals surface area contributed by atoms with Gasteiger partial charge in [0, 0.05) is 55.7 Å². The first-order chi connectivity index (χ1) is 18.7. The van der Waals surface area contributed by atoms with Crippen LogP contribution in [0.5, 0.6) is 0 Å². The molecule has 188 valence electrons. The number of amides is 1. The van der Waals surface area contributed by atoms with Crippen LogP contribution in [0.25, 0.3) is 27.7 Å². The molecule has 0 bridgehead atoms. The Labute approximate surface area is 220 Å². The van der Waals surface area contributed by atoms with Gasteiger partial charge >= 0.3 is 6.09 Å². The predicted molar refractivity (Wildman–Crippen MR) is 145 cm³/mol. The SMILES string of the molecule is O=C(OCc1ccccc1)N1CCN(CC#Cc2cnc3c(-c4ccnc5ccccc45)cnn3c2)CC1. The van der Waals surface area contributed by atoms with Gasteiger partial charge in [-0.15, -0.1) is 0 Å². The average Bonchev–Trinajstić information content (AvgIpc) is 3.39. The number of carbonyl (C=O) groups excluding carboxylic acids is 1. The summed E-state index contributed by atoms with van der Waals surface area (Å²) in [6.07, 6.45) is 7.08. The Morgan fingerprint density at radius 1 is 0.895 bits per heavy atom. The zero-order valence-corrected chi connectivity index (χ0v) is 20.8. The van der Waals surface area contributed by atoms with E-state index in [1.54, 1.807) is 15.6 Å². The second-order valence-corrected chi connectivity index (χ2v) is 9.15. The second-order valence-electron chi connectivity index (χ2n) is 9.15. The predicted octanol–water partition coefficient (Wildman–Crippen LogP) is 4.25. The molecule has 0 N–H and O–H groups in total. The second kappa shape index (κ2) is 10.7. The normalized spacial score (nSPS) is 13.8. The van der Waals surface area contributed by atoms with E-state index in [-0.39, 0.29) is 6.09 Å². The van der Waals surface area contributed by atoms with Crippen molar-refractivity contribution in [1.82, 2.24) is 29.4 Å². The van der Waals surface area contributed by atoms with Crippen LogP contribution in [0.15, 0.2) is 85.5 Å². The molecule has 1 amide bonds. The highest BCUT2D eigenvalue weighted by atomic mass is 16.6. The Bertz CT molecular complexity index is 1640. The number of ether oxygens (including phenoxy) is 1. The van der Waals surface area contributed by atoms with E-state index in [1.165, 1.54) is 0 Å². The smallest absolute Gasteiger partial charge is 0.410 e. The highest BCUT2D eigenvalue weighted by Crippen LogP contribution is 2.29. The van der Waals surface area contributed by atoms with Crippen LogP contribution >= 0.6 is 0 Å². The minimum atomic E-state index is -0.266. The van der Waals surface area contributed by atoms with Gasteiger partial charge in [-0.2, -0.15) is 5.10 Å². The number of piperazine rings is 1. The molecule has 8 nitrogen and oxygen atoms in total. The van der Waals surface area contributed by atoms with Crippen molar-refractivity contribution < 1.29 is 9.53 Å². The number of para-hydroxylation sites is 1. The van der Waals surface area contributed by atoms with E-state index >= 15 is 0 Å². The lowest BCUT2D eigenvalue weighted by Gasteiger charge is -2.32. The lowest BCUT2D eigenvalue weighted by molar-refractivity contribution is 0.0745. The molecule has 8 heteroatoms. The van der Waals surface area contributed by atoms with Gasteiger partial charge in [-0.05, 0) is 23.3 Å². The summed E-state index contributed by atoms with van der Waals surface area (Å²) >= 11 is 0. The van der Waals surface area contributed by atoms with Crippen LogP contribution in [0.4, 0.5) is 4.79 Å². The third-order valence-electron chi connectivity index (χ3n) is 6.67. The van der Waals surface area contributed by atoms with Gasteiger partial charge in [-0.1, -0.05) is 60.4 Å². The highest BCUT2D eigenvalue weighted by Gasteiger charge is 2.21. The van der Waals surface area contributed by atoms with E-state index in [9.17, 15) is 4.79 Å². The van der Waals surface area contributed by atoms with Crippen molar-refractivity contribution in [2.24, 2.45) is 0 Å². The van der Waals surface area contributed by atoms with E-state index in [4.69, 9.17) is 4.74 Å². The van der Waals surface area contributed by atoms with Crippen molar-refractivity contribution in [2.45, 2.75) is 6.61 Å². The first-order valence-electron chi connectivity index (χ1n) is 12.6. The number of hydrogen-bond acceptors (Lipinski definition) is 6. The fourth-order valence-electron chi connectivity index (χ4n) is 4.61. The molecule has 5 aromatic rings. The van der Waals surface area contributed by atoms with E-state index < -0.39 is 0 Å². The molecule has 3 aromatic heterocycles. The minimum absolute atomic E-state index is 0.266. The van der Waals surface area contributed by atoms with E-state index in [2.05, 4.69) is 37.9 Å². The average molecular weight is 503 g/mol. The maximum Gasteiger partial charge on any atom is 0.410 e. The monoisotopic (exact) mass is 502 g/mol. The largest absolute Gasteiger partial charge is 0.445 e. The minimum Gasteiger partial charge on any atom is -0.445 e. The summed E-state index contributed by atoms with van der Waals surface area (Å²) in [5, 5.41) is 5.60. The summed E-state index contributed by atoms with van der Waals surface area (Å²) in [6, 6.07) is 19.8. The summed E-state index contributed by atoms with van der Waals surface area (Å²) in [5.74, 6) is 6.45. The molecule has 1 aliphatic heterocycles.